The Hall–Kier alpha value is -0.640. The van der Waals surface area contributed by atoms with E-state index >= 15 is 0 Å². The fraction of sp³-hybridized carbons (Fsp3) is 0.333. The van der Waals surface area contributed by atoms with E-state index in [0.717, 1.165) is 6.42 Å². The molecule has 1 rings (SSSR count). The van der Waals surface area contributed by atoms with Gasteiger partial charge in [-0.3, -0.25) is 0 Å². The summed E-state index contributed by atoms with van der Waals surface area (Å²) in [6.45, 7) is 0.0505. The third kappa shape index (κ3) is 32.7. The molecule has 0 radical (unpaired) electrons. The van der Waals surface area contributed by atoms with Crippen LogP contribution >= 0.6 is 15.6 Å². The van der Waals surface area contributed by atoms with E-state index in [1.165, 1.54) is 5.56 Å². The zero-order chi connectivity index (χ0) is 17.1. The topological polar surface area (TPSA) is 202 Å². The van der Waals surface area contributed by atoms with E-state index in [1.54, 1.807) is 0 Å². The molecule has 0 saturated carbocycles. The third-order valence-corrected chi connectivity index (χ3v) is 1.58. The lowest BCUT2D eigenvalue weighted by atomic mass is 10.1. The van der Waals surface area contributed by atoms with Gasteiger partial charge < -0.3 is 40.2 Å². The second-order valence-electron chi connectivity index (χ2n) is 3.66. The maximum atomic E-state index is 8.88. The summed E-state index contributed by atoms with van der Waals surface area (Å²) in [7, 11) is -9.28. The molecule has 1 atom stereocenters. The smallest absolute Gasteiger partial charge is 0.395 e. The van der Waals surface area contributed by atoms with Crippen LogP contribution < -0.4 is 5.73 Å². The van der Waals surface area contributed by atoms with E-state index < -0.39 is 15.6 Å². The number of aliphatic hydroxyl groups is 1. The molecule has 0 amide bonds. The zero-order valence-electron chi connectivity index (χ0n) is 10.8. The van der Waals surface area contributed by atoms with Crippen LogP contribution in [0.2, 0.25) is 0 Å². The molecule has 0 aliphatic heterocycles. The van der Waals surface area contributed by atoms with Crippen LogP contribution in [0.15, 0.2) is 30.3 Å². The van der Waals surface area contributed by atoms with E-state index in [-0.39, 0.29) is 12.6 Å². The Morgan fingerprint density at radius 3 is 1.52 bits per heavy atom. The first-order valence-electron chi connectivity index (χ1n) is 5.30. The van der Waals surface area contributed by atoms with Crippen molar-refractivity contribution in [2.45, 2.75) is 12.5 Å². The highest BCUT2D eigenvalue weighted by Crippen LogP contribution is 2.26. The van der Waals surface area contributed by atoms with Gasteiger partial charge in [-0.05, 0) is 12.0 Å². The summed E-state index contributed by atoms with van der Waals surface area (Å²) in [4.78, 5) is 43.1. The number of benzene rings is 1. The highest BCUT2D eigenvalue weighted by atomic mass is 31.2. The molecule has 0 fully saturated rings. The van der Waals surface area contributed by atoms with Crippen LogP contribution in [0.5, 0.6) is 0 Å². The van der Waals surface area contributed by atoms with Crippen LogP contribution in [0.25, 0.3) is 0 Å². The van der Waals surface area contributed by atoms with Gasteiger partial charge in [0.15, 0.2) is 0 Å². The summed E-state index contributed by atoms with van der Waals surface area (Å²) in [6, 6.07) is 9.80. The first-order valence-corrected chi connectivity index (χ1v) is 8.43. The molecule has 0 aliphatic rings. The number of aliphatic hydroxyl groups excluding tert-OH is 1. The normalized spacial score (nSPS) is 12.4. The van der Waals surface area contributed by atoms with E-state index in [0.29, 0.717) is 0 Å². The van der Waals surface area contributed by atoms with Crippen molar-refractivity contribution in [1.29, 1.82) is 0 Å². The Balaban J connectivity index is 0. The molecule has 21 heavy (non-hydrogen) atoms. The van der Waals surface area contributed by atoms with Crippen molar-refractivity contribution < 1.29 is 43.6 Å². The van der Waals surface area contributed by atoms with Gasteiger partial charge in [-0.2, -0.15) is 0 Å². The summed E-state index contributed by atoms with van der Waals surface area (Å²) < 4.78 is 17.8. The average Bonchev–Trinajstić information content (AvgIpc) is 2.25. The molecule has 1 aromatic carbocycles. The number of rotatable bonds is 3. The second kappa shape index (κ2) is 11.0. The molecule has 0 aromatic heterocycles. The van der Waals surface area contributed by atoms with E-state index in [1.807, 2.05) is 30.3 Å². The Morgan fingerprint density at radius 2 is 1.24 bits per heavy atom. The SMILES string of the molecule is NC(CO)Cc1ccccc1.O=P(O)(O)O.O=P(O)(O)O. The van der Waals surface area contributed by atoms with Crippen molar-refractivity contribution in [1.82, 2.24) is 0 Å². The fourth-order valence-corrected chi connectivity index (χ4v) is 0.981. The number of hydrogen-bond donors (Lipinski definition) is 8. The van der Waals surface area contributed by atoms with Gasteiger partial charge in [-0.15, -0.1) is 0 Å². The van der Waals surface area contributed by atoms with E-state index in [4.69, 9.17) is 49.3 Å². The molecular formula is C9H19NO9P2. The quantitative estimate of drug-likeness (QED) is 0.303. The molecule has 12 heteroatoms. The number of hydrogen-bond acceptors (Lipinski definition) is 4. The van der Waals surface area contributed by atoms with Crippen LogP contribution in [-0.4, -0.2) is 47.1 Å². The Bertz CT molecular complexity index is 421. The fourth-order valence-electron chi connectivity index (χ4n) is 0.981. The van der Waals surface area contributed by atoms with Crippen molar-refractivity contribution in [3.8, 4) is 0 Å². The van der Waals surface area contributed by atoms with Gasteiger partial charge in [-0.1, -0.05) is 30.3 Å². The lowest BCUT2D eigenvalue weighted by Gasteiger charge is -2.06. The second-order valence-corrected chi connectivity index (χ2v) is 5.71. The highest BCUT2D eigenvalue weighted by molar-refractivity contribution is 7.45. The van der Waals surface area contributed by atoms with Gasteiger partial charge in [0, 0.05) is 6.04 Å². The third-order valence-electron chi connectivity index (χ3n) is 1.58. The van der Waals surface area contributed by atoms with E-state index in [2.05, 4.69) is 0 Å². The van der Waals surface area contributed by atoms with Crippen molar-refractivity contribution in [2.24, 2.45) is 5.73 Å². The minimum absolute atomic E-state index is 0.0505. The highest BCUT2D eigenvalue weighted by Gasteiger charge is 2.01. The predicted octanol–water partition coefficient (Wildman–Crippen LogP) is -1.31. The molecular weight excluding hydrogens is 328 g/mol. The average molecular weight is 347 g/mol. The molecule has 0 aliphatic carbocycles. The number of nitrogens with two attached hydrogens (primary N) is 1. The molecule has 10 nitrogen and oxygen atoms in total. The summed E-state index contributed by atoms with van der Waals surface area (Å²) >= 11 is 0. The van der Waals surface area contributed by atoms with Gasteiger partial charge in [0.1, 0.15) is 0 Å². The number of phosphoric acid groups is 2. The summed E-state index contributed by atoms with van der Waals surface area (Å²) in [6.07, 6.45) is 0.747. The van der Waals surface area contributed by atoms with Crippen LogP contribution in [0.4, 0.5) is 0 Å². The van der Waals surface area contributed by atoms with Gasteiger partial charge in [-0.25, -0.2) is 9.13 Å². The minimum atomic E-state index is -4.64. The maximum Gasteiger partial charge on any atom is 0.466 e. The molecule has 1 unspecified atom stereocenters. The zero-order valence-corrected chi connectivity index (χ0v) is 12.6. The molecule has 1 aromatic rings. The summed E-state index contributed by atoms with van der Waals surface area (Å²) in [5.74, 6) is 0. The van der Waals surface area contributed by atoms with Crippen LogP contribution in [0, 0.1) is 0 Å². The largest absolute Gasteiger partial charge is 0.466 e. The Labute approximate surface area is 121 Å². The van der Waals surface area contributed by atoms with Gasteiger partial charge in [0.2, 0.25) is 0 Å². The van der Waals surface area contributed by atoms with Crippen LogP contribution in [-0.2, 0) is 15.6 Å². The summed E-state index contributed by atoms with van der Waals surface area (Å²) in [5, 5.41) is 8.67. The molecule has 9 N–H and O–H groups in total. The lowest BCUT2D eigenvalue weighted by molar-refractivity contribution is 0.265. The first-order chi connectivity index (χ1) is 9.33. The van der Waals surface area contributed by atoms with Gasteiger partial charge >= 0.3 is 15.6 Å². The van der Waals surface area contributed by atoms with Crippen LogP contribution in [0.3, 0.4) is 0 Å². The van der Waals surface area contributed by atoms with E-state index in [9.17, 15) is 0 Å². The monoisotopic (exact) mass is 347 g/mol. The minimum Gasteiger partial charge on any atom is -0.395 e. The molecule has 124 valence electrons. The Kier molecular flexibility index (Phi) is 11.9. The van der Waals surface area contributed by atoms with Crippen molar-refractivity contribution in [2.75, 3.05) is 6.61 Å². The van der Waals surface area contributed by atoms with Gasteiger partial charge in [0.25, 0.3) is 0 Å². The molecule has 0 spiro atoms. The van der Waals surface area contributed by atoms with Crippen molar-refractivity contribution >= 4 is 15.6 Å². The molecule has 0 heterocycles. The van der Waals surface area contributed by atoms with Gasteiger partial charge in [0.05, 0.1) is 6.61 Å². The Morgan fingerprint density at radius 1 is 0.905 bits per heavy atom. The standard InChI is InChI=1S/C9H13NO.2H3O4P/c10-9(7-11)6-8-4-2-1-3-5-8;2*1-5(2,3)4/h1-5,9,11H,6-7,10H2;2*(H3,1,2,3,4). The maximum absolute atomic E-state index is 8.88. The summed E-state index contributed by atoms with van der Waals surface area (Å²) in [5.41, 5.74) is 6.73. The van der Waals surface area contributed by atoms with Crippen molar-refractivity contribution in [3.63, 3.8) is 0 Å². The molecule has 0 saturated heterocycles. The van der Waals surface area contributed by atoms with Crippen LogP contribution in [0.1, 0.15) is 5.56 Å². The molecule has 0 bridgehead atoms. The van der Waals surface area contributed by atoms with Crippen molar-refractivity contribution in [3.05, 3.63) is 35.9 Å². The predicted molar refractivity (Wildman–Crippen MR) is 73.7 cm³/mol. The lowest BCUT2D eigenvalue weighted by Crippen LogP contribution is -2.26. The first kappa shape index (κ1) is 22.6.